The van der Waals surface area contributed by atoms with Crippen molar-refractivity contribution in [2.45, 2.75) is 20.8 Å². The third-order valence-corrected chi connectivity index (χ3v) is 3.92. The maximum absolute atomic E-state index is 4.65. The SMILES string of the molecule is Cc1ccc(C)c(-c2nc(C)c3c(Br)c[nH]c3n2)c1. The molecule has 0 saturated carbocycles. The van der Waals surface area contributed by atoms with Crippen LogP contribution in [0.2, 0.25) is 0 Å². The Morgan fingerprint density at radius 3 is 2.68 bits per heavy atom. The van der Waals surface area contributed by atoms with Crippen molar-refractivity contribution >= 4 is 27.0 Å². The highest BCUT2D eigenvalue weighted by molar-refractivity contribution is 9.10. The molecule has 1 N–H and O–H groups in total. The van der Waals surface area contributed by atoms with Crippen LogP contribution in [0.3, 0.4) is 0 Å². The number of nitrogens with zero attached hydrogens (tertiary/aromatic N) is 2. The smallest absolute Gasteiger partial charge is 0.162 e. The number of benzene rings is 1. The fraction of sp³-hybridized carbons (Fsp3) is 0.200. The van der Waals surface area contributed by atoms with E-state index in [2.05, 4.69) is 62.9 Å². The van der Waals surface area contributed by atoms with Gasteiger partial charge in [-0.25, -0.2) is 9.97 Å². The van der Waals surface area contributed by atoms with E-state index in [9.17, 15) is 0 Å². The Morgan fingerprint density at radius 2 is 1.89 bits per heavy atom. The minimum Gasteiger partial charge on any atom is -0.345 e. The molecule has 4 heteroatoms. The van der Waals surface area contributed by atoms with Crippen molar-refractivity contribution in [3.63, 3.8) is 0 Å². The van der Waals surface area contributed by atoms with Gasteiger partial charge >= 0.3 is 0 Å². The van der Waals surface area contributed by atoms with Crippen molar-refractivity contribution in [2.24, 2.45) is 0 Å². The van der Waals surface area contributed by atoms with Gasteiger partial charge in [-0.2, -0.15) is 0 Å². The monoisotopic (exact) mass is 315 g/mol. The van der Waals surface area contributed by atoms with E-state index in [0.717, 1.165) is 32.6 Å². The van der Waals surface area contributed by atoms with E-state index < -0.39 is 0 Å². The molecule has 3 aromatic rings. The molecule has 0 unspecified atom stereocenters. The highest BCUT2D eigenvalue weighted by atomic mass is 79.9. The van der Waals surface area contributed by atoms with Gasteiger partial charge in [-0.1, -0.05) is 17.7 Å². The van der Waals surface area contributed by atoms with Crippen molar-refractivity contribution < 1.29 is 0 Å². The predicted molar refractivity (Wildman–Crippen MR) is 81.2 cm³/mol. The van der Waals surface area contributed by atoms with E-state index in [4.69, 9.17) is 0 Å². The molecule has 0 atom stereocenters. The van der Waals surface area contributed by atoms with E-state index in [1.165, 1.54) is 11.1 Å². The zero-order valence-electron chi connectivity index (χ0n) is 11.1. The van der Waals surface area contributed by atoms with Crippen LogP contribution in [0.15, 0.2) is 28.9 Å². The highest BCUT2D eigenvalue weighted by Gasteiger charge is 2.12. The fourth-order valence-electron chi connectivity index (χ4n) is 2.26. The summed E-state index contributed by atoms with van der Waals surface area (Å²) in [5.74, 6) is 0.778. The molecule has 0 spiro atoms. The molecule has 19 heavy (non-hydrogen) atoms. The van der Waals surface area contributed by atoms with Crippen molar-refractivity contribution in [2.75, 3.05) is 0 Å². The quantitative estimate of drug-likeness (QED) is 0.727. The number of hydrogen-bond acceptors (Lipinski definition) is 2. The van der Waals surface area contributed by atoms with Gasteiger partial charge in [0.15, 0.2) is 5.82 Å². The highest BCUT2D eigenvalue weighted by Crippen LogP contribution is 2.28. The van der Waals surface area contributed by atoms with Gasteiger partial charge in [0.1, 0.15) is 5.65 Å². The number of hydrogen-bond donors (Lipinski definition) is 1. The molecule has 0 bridgehead atoms. The Kier molecular flexibility index (Phi) is 2.90. The van der Waals surface area contributed by atoms with Crippen LogP contribution in [-0.2, 0) is 0 Å². The Bertz CT molecular complexity index is 774. The lowest BCUT2D eigenvalue weighted by Gasteiger charge is -2.07. The van der Waals surface area contributed by atoms with Gasteiger partial charge in [-0.15, -0.1) is 0 Å². The first-order valence-corrected chi connectivity index (χ1v) is 6.94. The zero-order chi connectivity index (χ0) is 13.6. The van der Waals surface area contributed by atoms with Crippen LogP contribution in [-0.4, -0.2) is 15.0 Å². The molecule has 0 saturated heterocycles. The third kappa shape index (κ3) is 2.06. The molecule has 0 fully saturated rings. The molecule has 96 valence electrons. The average molecular weight is 316 g/mol. The summed E-state index contributed by atoms with van der Waals surface area (Å²) >= 11 is 3.51. The number of aromatic nitrogens is 3. The first-order valence-electron chi connectivity index (χ1n) is 6.15. The Labute approximate surface area is 120 Å². The van der Waals surface area contributed by atoms with E-state index in [1.54, 1.807) is 0 Å². The number of aryl methyl sites for hydroxylation is 3. The molecule has 2 heterocycles. The topological polar surface area (TPSA) is 41.6 Å². The minimum atomic E-state index is 0.778. The molecule has 3 nitrogen and oxygen atoms in total. The molecule has 1 aromatic carbocycles. The summed E-state index contributed by atoms with van der Waals surface area (Å²) in [5, 5.41) is 1.05. The van der Waals surface area contributed by atoms with E-state index in [-0.39, 0.29) is 0 Å². The summed E-state index contributed by atoms with van der Waals surface area (Å²) in [6, 6.07) is 6.35. The lowest BCUT2D eigenvalue weighted by atomic mass is 10.0. The van der Waals surface area contributed by atoms with E-state index in [1.807, 2.05) is 13.1 Å². The summed E-state index contributed by atoms with van der Waals surface area (Å²) in [6.45, 7) is 6.18. The predicted octanol–water partition coefficient (Wildman–Crippen LogP) is 4.31. The first kappa shape index (κ1) is 12.4. The number of halogens is 1. The third-order valence-electron chi connectivity index (χ3n) is 3.30. The second-order valence-corrected chi connectivity index (χ2v) is 5.67. The van der Waals surface area contributed by atoms with Crippen LogP contribution in [0.1, 0.15) is 16.8 Å². The summed E-state index contributed by atoms with van der Waals surface area (Å²) in [7, 11) is 0. The van der Waals surface area contributed by atoms with Gasteiger partial charge in [-0.05, 0) is 48.3 Å². The number of H-pyrrole nitrogens is 1. The maximum Gasteiger partial charge on any atom is 0.162 e. The number of nitrogens with one attached hydrogen (secondary N) is 1. The number of aromatic amines is 1. The number of fused-ring (bicyclic) bond motifs is 1. The summed E-state index contributed by atoms with van der Waals surface area (Å²) in [6.07, 6.45) is 1.90. The van der Waals surface area contributed by atoms with Gasteiger partial charge in [0.05, 0.1) is 11.1 Å². The van der Waals surface area contributed by atoms with Gasteiger partial charge in [0.25, 0.3) is 0 Å². The molecule has 0 radical (unpaired) electrons. The van der Waals surface area contributed by atoms with E-state index in [0.29, 0.717) is 0 Å². The molecule has 3 rings (SSSR count). The summed E-state index contributed by atoms with van der Waals surface area (Å²) in [4.78, 5) is 12.5. The Hall–Kier alpha value is -1.68. The molecular weight excluding hydrogens is 302 g/mol. The second kappa shape index (κ2) is 4.46. The van der Waals surface area contributed by atoms with Gasteiger partial charge < -0.3 is 4.98 Å². The molecule has 2 aromatic heterocycles. The number of rotatable bonds is 1. The fourth-order valence-corrected chi connectivity index (χ4v) is 2.85. The van der Waals surface area contributed by atoms with Crippen LogP contribution in [0.4, 0.5) is 0 Å². The molecule has 0 amide bonds. The summed E-state index contributed by atoms with van der Waals surface area (Å²) < 4.78 is 1.01. The largest absolute Gasteiger partial charge is 0.345 e. The van der Waals surface area contributed by atoms with Crippen molar-refractivity contribution in [3.8, 4) is 11.4 Å². The summed E-state index contributed by atoms with van der Waals surface area (Å²) in [5.41, 5.74) is 5.35. The van der Waals surface area contributed by atoms with Gasteiger partial charge in [0.2, 0.25) is 0 Å². The van der Waals surface area contributed by atoms with Crippen molar-refractivity contribution in [3.05, 3.63) is 45.7 Å². The molecule has 0 aliphatic carbocycles. The van der Waals surface area contributed by atoms with Crippen LogP contribution < -0.4 is 0 Å². The molecule has 0 aliphatic heterocycles. The first-order chi connectivity index (χ1) is 9.06. The van der Waals surface area contributed by atoms with Crippen molar-refractivity contribution in [1.82, 2.24) is 15.0 Å². The van der Waals surface area contributed by atoms with Gasteiger partial charge in [0, 0.05) is 16.2 Å². The molecular formula is C15H14BrN3. The standard InChI is InChI=1S/C15H14BrN3/c1-8-4-5-9(2)11(6-8)14-18-10(3)13-12(16)7-17-15(13)19-14/h4-7H,1-3H3,(H,17,18,19). The normalized spacial score (nSPS) is 11.2. The van der Waals surface area contributed by atoms with Crippen LogP contribution in [0.5, 0.6) is 0 Å². The Morgan fingerprint density at radius 1 is 1.11 bits per heavy atom. The molecule has 0 aliphatic rings. The van der Waals surface area contributed by atoms with Crippen LogP contribution in [0, 0.1) is 20.8 Å². The lowest BCUT2D eigenvalue weighted by Crippen LogP contribution is -1.95. The van der Waals surface area contributed by atoms with Crippen molar-refractivity contribution in [1.29, 1.82) is 0 Å². The maximum atomic E-state index is 4.65. The van der Waals surface area contributed by atoms with E-state index >= 15 is 0 Å². The van der Waals surface area contributed by atoms with Crippen LogP contribution in [0.25, 0.3) is 22.4 Å². The second-order valence-electron chi connectivity index (χ2n) is 4.81. The van der Waals surface area contributed by atoms with Gasteiger partial charge in [-0.3, -0.25) is 0 Å². The Balaban J connectivity index is 2.28. The lowest BCUT2D eigenvalue weighted by molar-refractivity contribution is 1.14. The zero-order valence-corrected chi connectivity index (χ0v) is 12.7. The van der Waals surface area contributed by atoms with Crippen LogP contribution >= 0.6 is 15.9 Å². The average Bonchev–Trinajstić information content (AvgIpc) is 2.74. The minimum absolute atomic E-state index is 0.778.